The van der Waals surface area contributed by atoms with Crippen LogP contribution in [-0.4, -0.2) is 34.7 Å². The van der Waals surface area contributed by atoms with Gasteiger partial charge in [-0.2, -0.15) is 0 Å². The van der Waals surface area contributed by atoms with Gasteiger partial charge in [-0.15, -0.1) is 0 Å². The van der Waals surface area contributed by atoms with E-state index in [9.17, 15) is 19.1 Å². The van der Waals surface area contributed by atoms with E-state index in [0.29, 0.717) is 12.8 Å². The summed E-state index contributed by atoms with van der Waals surface area (Å²) < 4.78 is 44.9. The van der Waals surface area contributed by atoms with Crippen LogP contribution in [0.4, 0.5) is 13.2 Å². The fraction of sp³-hybridized carbons (Fsp3) is 0.667. The van der Waals surface area contributed by atoms with E-state index < -0.39 is 52.7 Å². The summed E-state index contributed by atoms with van der Waals surface area (Å²) in [5, 5.41) is 15.7. The van der Waals surface area contributed by atoms with Gasteiger partial charge in [0.2, 0.25) is 11.8 Å². The number of rotatable bonds is 6. The number of alkyl halides is 1. The largest absolute Gasteiger partial charge is 0.391 e. The molecule has 9 heteroatoms. The van der Waals surface area contributed by atoms with Crippen molar-refractivity contribution in [3.63, 3.8) is 0 Å². The monoisotopic (exact) mass is 486 g/mol. The van der Waals surface area contributed by atoms with E-state index in [1.807, 2.05) is 0 Å². The number of carbonyl (C=O) groups is 2. The molecular formula is C24H30ClF3N2O3. The van der Waals surface area contributed by atoms with Crippen LogP contribution in [0, 0.1) is 28.9 Å². The predicted octanol–water partition coefficient (Wildman–Crippen LogP) is 4.36. The lowest BCUT2D eigenvalue weighted by molar-refractivity contribution is -0.127. The standard InChI is InChI=1S/C24H30ClF3N2O3/c1-12(2)21(32)29-16-9-13(10-17(16)31)22(33)30-20(18-15(26)4-3-14(25)19(18)27)23-5-7-24(28,11-23)8-6-23/h3-4,12-13,16-17,20,31H,5-11H2,1-2H3,(H,29,32)(H,30,33)/t13-,16-,17+,20+,23?,24?/m0/s1. The van der Waals surface area contributed by atoms with Crippen molar-refractivity contribution in [2.75, 3.05) is 0 Å². The highest BCUT2D eigenvalue weighted by Crippen LogP contribution is 2.63. The molecule has 33 heavy (non-hydrogen) atoms. The molecule has 3 N–H and O–H groups in total. The van der Waals surface area contributed by atoms with Crippen molar-refractivity contribution in [2.45, 2.75) is 82.6 Å². The first-order chi connectivity index (χ1) is 15.4. The Hall–Kier alpha value is -1.80. The number of nitrogens with one attached hydrogen (secondary N) is 2. The highest BCUT2D eigenvalue weighted by molar-refractivity contribution is 6.30. The van der Waals surface area contributed by atoms with E-state index in [1.54, 1.807) is 13.8 Å². The van der Waals surface area contributed by atoms with E-state index in [2.05, 4.69) is 10.6 Å². The van der Waals surface area contributed by atoms with Gasteiger partial charge in [-0.3, -0.25) is 9.59 Å². The van der Waals surface area contributed by atoms with Crippen LogP contribution in [0.15, 0.2) is 12.1 Å². The molecular weight excluding hydrogens is 457 g/mol. The molecule has 3 fully saturated rings. The first kappa shape index (κ1) is 24.3. The maximum Gasteiger partial charge on any atom is 0.223 e. The molecule has 5 nitrogen and oxygen atoms in total. The summed E-state index contributed by atoms with van der Waals surface area (Å²) in [7, 11) is 0. The highest BCUT2D eigenvalue weighted by Gasteiger charge is 2.59. The predicted molar refractivity (Wildman–Crippen MR) is 117 cm³/mol. The van der Waals surface area contributed by atoms with E-state index in [4.69, 9.17) is 11.6 Å². The zero-order valence-electron chi connectivity index (χ0n) is 18.8. The zero-order valence-corrected chi connectivity index (χ0v) is 19.5. The molecule has 182 valence electrons. The normalized spacial score (nSPS) is 34.0. The minimum absolute atomic E-state index is 0.113. The van der Waals surface area contributed by atoms with Gasteiger partial charge in [-0.05, 0) is 62.5 Å². The number of halogens is 4. The Balaban J connectivity index is 1.59. The summed E-state index contributed by atoms with van der Waals surface area (Å²) in [4.78, 5) is 25.3. The van der Waals surface area contributed by atoms with Gasteiger partial charge >= 0.3 is 0 Å². The molecule has 3 aliphatic rings. The van der Waals surface area contributed by atoms with Crippen LogP contribution < -0.4 is 10.6 Å². The smallest absolute Gasteiger partial charge is 0.223 e. The Labute approximate surface area is 196 Å². The topological polar surface area (TPSA) is 78.4 Å². The van der Waals surface area contributed by atoms with Gasteiger partial charge in [0.15, 0.2) is 0 Å². The first-order valence-electron chi connectivity index (χ1n) is 11.6. The minimum Gasteiger partial charge on any atom is -0.391 e. The van der Waals surface area contributed by atoms with Gasteiger partial charge < -0.3 is 15.7 Å². The fourth-order valence-corrected chi connectivity index (χ4v) is 6.07. The Kier molecular flexibility index (Phi) is 6.46. The number of hydrogen-bond donors (Lipinski definition) is 3. The van der Waals surface area contributed by atoms with Crippen molar-refractivity contribution in [3.8, 4) is 0 Å². The lowest BCUT2D eigenvalue weighted by atomic mass is 9.74. The van der Waals surface area contributed by atoms with Gasteiger partial charge in [0.05, 0.1) is 23.2 Å². The van der Waals surface area contributed by atoms with Crippen LogP contribution in [0.5, 0.6) is 0 Å². The molecule has 0 aliphatic heterocycles. The van der Waals surface area contributed by atoms with E-state index in [-0.39, 0.29) is 54.5 Å². The Bertz CT molecular complexity index is 949. The molecule has 0 aromatic heterocycles. The van der Waals surface area contributed by atoms with Gasteiger partial charge in [0.1, 0.15) is 17.3 Å². The van der Waals surface area contributed by atoms with Crippen LogP contribution in [0.1, 0.15) is 70.4 Å². The first-order valence-corrected chi connectivity index (χ1v) is 11.9. The number of carbonyl (C=O) groups excluding carboxylic acids is 2. The van der Waals surface area contributed by atoms with Gasteiger partial charge in [0, 0.05) is 17.4 Å². The van der Waals surface area contributed by atoms with E-state index >= 15 is 8.78 Å². The summed E-state index contributed by atoms with van der Waals surface area (Å²) in [5.41, 5.74) is -2.53. The Morgan fingerprint density at radius 1 is 1.15 bits per heavy atom. The molecule has 0 saturated heterocycles. The molecule has 2 amide bonds. The van der Waals surface area contributed by atoms with Gasteiger partial charge in [-0.1, -0.05) is 25.4 Å². The lowest BCUT2D eigenvalue weighted by Gasteiger charge is -2.37. The fourth-order valence-electron chi connectivity index (χ4n) is 5.90. The van der Waals surface area contributed by atoms with Crippen LogP contribution in [-0.2, 0) is 9.59 Å². The Morgan fingerprint density at radius 2 is 1.82 bits per heavy atom. The minimum atomic E-state index is -1.38. The van der Waals surface area contributed by atoms with Crippen molar-refractivity contribution in [3.05, 3.63) is 34.4 Å². The number of fused-ring (bicyclic) bond motifs is 2. The van der Waals surface area contributed by atoms with Gasteiger partial charge in [-0.25, -0.2) is 13.2 Å². The average Bonchev–Trinajstić information content (AvgIpc) is 3.41. The summed E-state index contributed by atoms with van der Waals surface area (Å²) in [6, 6.07) is 0.512. The number of aliphatic hydroxyl groups is 1. The summed E-state index contributed by atoms with van der Waals surface area (Å²) in [6.07, 6.45) is 0.914. The second-order valence-electron chi connectivity index (χ2n) is 10.4. The lowest BCUT2D eigenvalue weighted by Crippen LogP contribution is -2.43. The number of aliphatic hydroxyl groups excluding tert-OH is 1. The molecule has 4 rings (SSSR count). The molecule has 1 aromatic rings. The van der Waals surface area contributed by atoms with E-state index in [1.165, 1.54) is 0 Å². The van der Waals surface area contributed by atoms with Crippen molar-refractivity contribution in [2.24, 2.45) is 17.3 Å². The highest BCUT2D eigenvalue weighted by atomic mass is 35.5. The van der Waals surface area contributed by atoms with Crippen molar-refractivity contribution in [1.82, 2.24) is 10.6 Å². The molecule has 0 heterocycles. The van der Waals surface area contributed by atoms with Crippen molar-refractivity contribution < 1.29 is 27.9 Å². The molecule has 1 aromatic carbocycles. The molecule has 0 spiro atoms. The van der Waals surface area contributed by atoms with Crippen LogP contribution in [0.3, 0.4) is 0 Å². The zero-order chi connectivity index (χ0) is 24.1. The molecule has 4 atom stereocenters. The maximum absolute atomic E-state index is 15.0. The van der Waals surface area contributed by atoms with Crippen LogP contribution >= 0.6 is 11.6 Å². The van der Waals surface area contributed by atoms with Crippen molar-refractivity contribution >= 4 is 23.4 Å². The molecule has 0 radical (unpaired) electrons. The second-order valence-corrected chi connectivity index (χ2v) is 10.8. The van der Waals surface area contributed by atoms with Crippen LogP contribution in [0.2, 0.25) is 5.02 Å². The third-order valence-corrected chi connectivity index (χ3v) is 8.12. The van der Waals surface area contributed by atoms with Crippen LogP contribution in [0.25, 0.3) is 0 Å². The quantitative estimate of drug-likeness (QED) is 0.523. The molecule has 3 aliphatic carbocycles. The average molecular weight is 487 g/mol. The molecule has 0 unspecified atom stereocenters. The Morgan fingerprint density at radius 3 is 2.39 bits per heavy atom. The molecule has 2 bridgehead atoms. The number of benzene rings is 1. The summed E-state index contributed by atoms with van der Waals surface area (Å²) >= 11 is 5.94. The maximum atomic E-state index is 15.0. The number of amides is 2. The van der Waals surface area contributed by atoms with Gasteiger partial charge in [0.25, 0.3) is 0 Å². The SMILES string of the molecule is CC(C)C(=O)N[C@H]1C[C@H](C(=O)N[C@H](c2c(F)ccc(Cl)c2F)C23CCC(F)(CC2)C3)C[C@H]1O. The number of hydrogen-bond acceptors (Lipinski definition) is 3. The van der Waals surface area contributed by atoms with E-state index in [0.717, 1.165) is 12.1 Å². The summed E-state index contributed by atoms with van der Waals surface area (Å²) in [6.45, 7) is 3.46. The summed E-state index contributed by atoms with van der Waals surface area (Å²) in [5.74, 6) is -3.41. The third kappa shape index (κ3) is 4.48. The third-order valence-electron chi connectivity index (χ3n) is 7.83. The van der Waals surface area contributed by atoms with Crippen molar-refractivity contribution in [1.29, 1.82) is 0 Å². The second kappa shape index (κ2) is 8.77. The molecule has 3 saturated carbocycles.